The van der Waals surface area contributed by atoms with E-state index in [1.807, 2.05) is 0 Å². The predicted octanol–water partition coefficient (Wildman–Crippen LogP) is 6.23. The van der Waals surface area contributed by atoms with Crippen LogP contribution in [0.5, 0.6) is 5.75 Å². The summed E-state index contributed by atoms with van der Waals surface area (Å²) >= 11 is 12.5. The van der Waals surface area contributed by atoms with Gasteiger partial charge in [0.25, 0.3) is 5.91 Å². The number of fused-ring (bicyclic) bond motifs is 1. The third kappa shape index (κ3) is 4.47. The number of amides is 1. The van der Waals surface area contributed by atoms with E-state index in [9.17, 15) is 14.0 Å². The Bertz CT molecular complexity index is 1380. The number of rotatable bonds is 5. The van der Waals surface area contributed by atoms with Crippen molar-refractivity contribution < 1.29 is 18.3 Å². The van der Waals surface area contributed by atoms with Crippen molar-refractivity contribution in [2.24, 2.45) is 0 Å². The molecule has 0 radical (unpaired) electrons. The third-order valence-corrected chi connectivity index (χ3v) is 5.46. The number of aryl methyl sites for hydroxylation is 1. The van der Waals surface area contributed by atoms with E-state index in [0.29, 0.717) is 26.9 Å². The van der Waals surface area contributed by atoms with Crippen molar-refractivity contribution in [3.63, 3.8) is 0 Å². The lowest BCUT2D eigenvalue weighted by Crippen LogP contribution is -2.22. The first kappa shape index (κ1) is 21.9. The van der Waals surface area contributed by atoms with E-state index in [4.69, 9.17) is 32.4 Å². The van der Waals surface area contributed by atoms with Gasteiger partial charge in [0, 0.05) is 16.3 Å². The van der Waals surface area contributed by atoms with Gasteiger partial charge in [0.15, 0.2) is 12.4 Å². The summed E-state index contributed by atoms with van der Waals surface area (Å²) in [7, 11) is 0. The second-order valence-electron chi connectivity index (χ2n) is 7.01. The molecule has 0 saturated carbocycles. The minimum atomic E-state index is -0.539. The molecule has 0 atom stereocenters. The largest absolute Gasteiger partial charge is 0.476 e. The van der Waals surface area contributed by atoms with Gasteiger partial charge in [0.05, 0.1) is 10.4 Å². The lowest BCUT2D eigenvalue weighted by atomic mass is 10.1. The number of carbonyl (C=O) groups is 1. The van der Waals surface area contributed by atoms with Gasteiger partial charge in [0.1, 0.15) is 11.4 Å². The van der Waals surface area contributed by atoms with Gasteiger partial charge in [-0.15, -0.1) is 0 Å². The maximum Gasteiger partial charge on any atom is 0.262 e. The van der Waals surface area contributed by atoms with Gasteiger partial charge in [-0.05, 0) is 61.0 Å². The highest BCUT2D eigenvalue weighted by Crippen LogP contribution is 2.36. The van der Waals surface area contributed by atoms with E-state index >= 15 is 0 Å². The highest BCUT2D eigenvalue weighted by Gasteiger charge is 2.21. The fourth-order valence-corrected chi connectivity index (χ4v) is 3.51. The maximum absolute atomic E-state index is 13.2. The lowest BCUT2D eigenvalue weighted by molar-refractivity contribution is -0.118. The molecule has 0 aliphatic carbocycles. The molecular weight excluding hydrogens is 456 g/mol. The number of nitrogens with one attached hydrogen (secondary N) is 1. The van der Waals surface area contributed by atoms with Crippen molar-refractivity contribution >= 4 is 45.8 Å². The van der Waals surface area contributed by atoms with Crippen LogP contribution in [0.4, 0.5) is 10.1 Å². The third-order valence-electron chi connectivity index (χ3n) is 4.72. The van der Waals surface area contributed by atoms with Crippen LogP contribution in [-0.4, -0.2) is 12.5 Å². The quantitative estimate of drug-likeness (QED) is 0.374. The van der Waals surface area contributed by atoms with Crippen LogP contribution < -0.4 is 15.5 Å². The molecule has 1 amide bonds. The topological polar surface area (TPSA) is 68.5 Å². The molecule has 4 rings (SSSR count). The van der Waals surface area contributed by atoms with Gasteiger partial charge in [-0.2, -0.15) is 0 Å². The fourth-order valence-electron chi connectivity index (χ4n) is 3.12. The molecular formula is C24H16Cl2FNO4. The molecule has 0 fully saturated rings. The summed E-state index contributed by atoms with van der Waals surface area (Å²) in [5.74, 6) is -1.03. The first-order valence-electron chi connectivity index (χ1n) is 9.53. The number of hydrogen-bond acceptors (Lipinski definition) is 4. The van der Waals surface area contributed by atoms with E-state index < -0.39 is 23.8 Å². The molecule has 8 heteroatoms. The summed E-state index contributed by atoms with van der Waals surface area (Å²) in [6, 6.07) is 15.2. The normalized spacial score (nSPS) is 10.9. The average Bonchev–Trinajstić information content (AvgIpc) is 2.76. The van der Waals surface area contributed by atoms with Crippen LogP contribution in [0.15, 0.2) is 69.9 Å². The molecule has 0 aliphatic rings. The molecule has 0 aliphatic heterocycles. The van der Waals surface area contributed by atoms with Crippen molar-refractivity contribution in [1.29, 1.82) is 0 Å². The van der Waals surface area contributed by atoms with Crippen LogP contribution in [-0.2, 0) is 4.79 Å². The van der Waals surface area contributed by atoms with Gasteiger partial charge < -0.3 is 14.5 Å². The van der Waals surface area contributed by atoms with Crippen LogP contribution in [0, 0.1) is 12.7 Å². The lowest BCUT2D eigenvalue weighted by Gasteiger charge is -2.13. The maximum atomic E-state index is 13.2. The summed E-state index contributed by atoms with van der Waals surface area (Å²) in [6.07, 6.45) is 0. The van der Waals surface area contributed by atoms with E-state index in [1.54, 1.807) is 37.3 Å². The average molecular weight is 472 g/mol. The van der Waals surface area contributed by atoms with Gasteiger partial charge in [-0.1, -0.05) is 35.3 Å². The predicted molar refractivity (Wildman–Crippen MR) is 123 cm³/mol. The monoisotopic (exact) mass is 471 g/mol. The number of carbonyl (C=O) groups excluding carboxylic acids is 1. The molecule has 1 aromatic heterocycles. The summed E-state index contributed by atoms with van der Waals surface area (Å²) < 4.78 is 24.7. The van der Waals surface area contributed by atoms with Gasteiger partial charge in [-0.25, -0.2) is 4.39 Å². The molecule has 5 nitrogen and oxygen atoms in total. The Balaban J connectivity index is 1.73. The first-order chi connectivity index (χ1) is 15.3. The Morgan fingerprint density at radius 1 is 1.06 bits per heavy atom. The minimum absolute atomic E-state index is 0.101. The zero-order valence-corrected chi connectivity index (χ0v) is 18.3. The molecule has 162 valence electrons. The van der Waals surface area contributed by atoms with Crippen molar-refractivity contribution in [2.75, 3.05) is 11.9 Å². The molecule has 3 aromatic carbocycles. The molecule has 1 N–H and O–H groups in total. The molecule has 32 heavy (non-hydrogen) atoms. The van der Waals surface area contributed by atoms with Crippen LogP contribution in [0.1, 0.15) is 5.56 Å². The van der Waals surface area contributed by atoms with Gasteiger partial charge >= 0.3 is 0 Å². The van der Waals surface area contributed by atoms with Crippen LogP contribution >= 0.6 is 23.2 Å². The molecule has 0 spiro atoms. The summed E-state index contributed by atoms with van der Waals surface area (Å²) in [5.41, 5.74) is 1.39. The second-order valence-corrected chi connectivity index (χ2v) is 7.82. The summed E-state index contributed by atoms with van der Waals surface area (Å²) in [6.45, 7) is 1.31. The van der Waals surface area contributed by atoms with Crippen molar-refractivity contribution in [1.82, 2.24) is 0 Å². The zero-order chi connectivity index (χ0) is 22.8. The fraction of sp³-hybridized carbons (Fsp3) is 0.0833. The van der Waals surface area contributed by atoms with E-state index in [0.717, 1.165) is 5.56 Å². The smallest absolute Gasteiger partial charge is 0.262 e. The number of anilines is 1. The highest BCUT2D eigenvalue weighted by atomic mass is 35.5. The summed E-state index contributed by atoms with van der Waals surface area (Å²) in [4.78, 5) is 25.6. The van der Waals surface area contributed by atoms with Crippen molar-refractivity contribution in [3.05, 3.63) is 92.3 Å². The Morgan fingerprint density at radius 3 is 2.50 bits per heavy atom. The SMILES string of the molecule is Cc1cc2oc(-c3ccccc3Cl)c(OCC(=O)Nc3ccc(F)cc3)c(=O)c2cc1Cl. The Morgan fingerprint density at radius 2 is 1.78 bits per heavy atom. The van der Waals surface area contributed by atoms with Crippen LogP contribution in [0.2, 0.25) is 10.0 Å². The van der Waals surface area contributed by atoms with E-state index in [1.165, 1.54) is 30.3 Å². The van der Waals surface area contributed by atoms with Crippen LogP contribution in [0.25, 0.3) is 22.3 Å². The molecule has 4 aromatic rings. The number of ether oxygens (including phenoxy) is 1. The number of benzene rings is 3. The standard InChI is InChI=1S/C24H16Cl2FNO4/c1-13-10-20-17(11-19(13)26)22(30)24(23(32-20)16-4-2-3-5-18(16)25)31-12-21(29)28-15-8-6-14(27)7-9-15/h2-11H,12H2,1H3,(H,28,29). The van der Waals surface area contributed by atoms with Gasteiger partial charge in [0.2, 0.25) is 11.2 Å². The Kier molecular flexibility index (Phi) is 6.17. The van der Waals surface area contributed by atoms with Crippen molar-refractivity contribution in [3.8, 4) is 17.1 Å². The number of halogens is 3. The molecule has 0 bridgehead atoms. The summed E-state index contributed by atoms with van der Waals surface area (Å²) in [5, 5.41) is 3.53. The minimum Gasteiger partial charge on any atom is -0.476 e. The van der Waals surface area contributed by atoms with Crippen LogP contribution in [0.3, 0.4) is 0 Å². The number of hydrogen-bond donors (Lipinski definition) is 1. The van der Waals surface area contributed by atoms with E-state index in [-0.39, 0.29) is 16.9 Å². The second kappa shape index (κ2) is 9.02. The van der Waals surface area contributed by atoms with Crippen molar-refractivity contribution in [2.45, 2.75) is 6.92 Å². The Hall–Kier alpha value is -3.35. The molecule has 0 saturated heterocycles. The highest BCUT2D eigenvalue weighted by molar-refractivity contribution is 6.33. The molecule has 1 heterocycles. The Labute approximate surface area is 192 Å². The molecule has 0 unspecified atom stereocenters. The van der Waals surface area contributed by atoms with E-state index in [2.05, 4.69) is 5.32 Å². The zero-order valence-electron chi connectivity index (χ0n) is 16.7. The van der Waals surface area contributed by atoms with Gasteiger partial charge in [-0.3, -0.25) is 9.59 Å². The first-order valence-corrected chi connectivity index (χ1v) is 10.3.